The average molecular weight is 298 g/mol. The molecule has 1 saturated heterocycles. The second-order valence-corrected chi connectivity index (χ2v) is 7.26. The van der Waals surface area contributed by atoms with E-state index in [0.29, 0.717) is 5.92 Å². The zero-order valence-corrected chi connectivity index (χ0v) is 14.2. The number of hydrogen-bond acceptors (Lipinski definition) is 4. The van der Waals surface area contributed by atoms with Gasteiger partial charge in [0.1, 0.15) is 0 Å². The highest BCUT2D eigenvalue weighted by Gasteiger charge is 2.41. The summed E-state index contributed by atoms with van der Waals surface area (Å²) in [7, 11) is 1.84. The van der Waals surface area contributed by atoms with Crippen molar-refractivity contribution in [1.82, 2.24) is 10.2 Å². The predicted molar refractivity (Wildman–Crippen MR) is 86.5 cm³/mol. The molecule has 2 aliphatic rings. The number of nitrogens with zero attached hydrogens (tertiary/aromatic N) is 1. The van der Waals surface area contributed by atoms with Crippen molar-refractivity contribution in [3.8, 4) is 0 Å². The Morgan fingerprint density at radius 2 is 2.14 bits per heavy atom. The summed E-state index contributed by atoms with van der Waals surface area (Å²) in [5.41, 5.74) is 0.0127. The number of hydrogen-bond donors (Lipinski definition) is 2. The molecule has 1 aliphatic heterocycles. The van der Waals surface area contributed by atoms with Gasteiger partial charge in [0, 0.05) is 19.2 Å². The summed E-state index contributed by atoms with van der Waals surface area (Å²) in [5, 5.41) is 13.5. The van der Waals surface area contributed by atoms with E-state index in [1.807, 2.05) is 7.11 Å². The number of rotatable bonds is 7. The van der Waals surface area contributed by atoms with Gasteiger partial charge in [-0.05, 0) is 64.6 Å². The van der Waals surface area contributed by atoms with Crippen LogP contribution in [0, 0.1) is 5.92 Å². The lowest BCUT2D eigenvalue weighted by molar-refractivity contribution is -0.0523. The lowest BCUT2D eigenvalue weighted by Crippen LogP contribution is -2.53. The normalized spacial score (nSPS) is 38.0. The average Bonchev–Trinajstić information content (AvgIpc) is 2.89. The molecule has 4 heteroatoms. The highest BCUT2D eigenvalue weighted by atomic mass is 16.5. The Labute approximate surface area is 130 Å². The second-order valence-electron chi connectivity index (χ2n) is 7.26. The number of methoxy groups -OCH3 is 1. The maximum atomic E-state index is 9.88. The highest BCUT2D eigenvalue weighted by molar-refractivity contribution is 4.99. The molecule has 0 aromatic heterocycles. The third-order valence-electron chi connectivity index (χ3n) is 5.79. The molecule has 1 heterocycles. The summed E-state index contributed by atoms with van der Waals surface area (Å²) in [6.07, 6.45) is 7.21. The minimum atomic E-state index is -0.0188. The fourth-order valence-electron chi connectivity index (χ4n) is 4.42. The van der Waals surface area contributed by atoms with Crippen LogP contribution >= 0.6 is 0 Å². The van der Waals surface area contributed by atoms with E-state index in [2.05, 4.69) is 24.1 Å². The third-order valence-corrected chi connectivity index (χ3v) is 5.79. The molecular weight excluding hydrogens is 264 g/mol. The molecule has 3 unspecified atom stereocenters. The summed E-state index contributed by atoms with van der Waals surface area (Å²) in [6.45, 7) is 8.97. The van der Waals surface area contributed by atoms with Crippen LogP contribution in [-0.2, 0) is 4.74 Å². The molecule has 21 heavy (non-hydrogen) atoms. The van der Waals surface area contributed by atoms with Crippen molar-refractivity contribution in [2.45, 2.75) is 63.5 Å². The van der Waals surface area contributed by atoms with Crippen LogP contribution in [0.25, 0.3) is 0 Å². The summed E-state index contributed by atoms with van der Waals surface area (Å²) >= 11 is 0. The van der Waals surface area contributed by atoms with Gasteiger partial charge >= 0.3 is 0 Å². The van der Waals surface area contributed by atoms with Crippen LogP contribution in [0.15, 0.2) is 0 Å². The quantitative estimate of drug-likeness (QED) is 0.755. The molecule has 2 rings (SSSR count). The smallest absolute Gasteiger partial charge is 0.0777 e. The SMILES string of the molecule is CCNC1(CO)CCCC1CCN1CCCC(C)(OC)C1. The van der Waals surface area contributed by atoms with Gasteiger partial charge in [0.15, 0.2) is 0 Å². The van der Waals surface area contributed by atoms with Crippen LogP contribution in [0.1, 0.15) is 52.4 Å². The first-order chi connectivity index (χ1) is 10.1. The third kappa shape index (κ3) is 3.98. The highest BCUT2D eigenvalue weighted by Crippen LogP contribution is 2.38. The minimum absolute atomic E-state index is 0.0188. The van der Waals surface area contributed by atoms with Crippen LogP contribution in [0.5, 0.6) is 0 Å². The van der Waals surface area contributed by atoms with Crippen molar-refractivity contribution < 1.29 is 9.84 Å². The van der Waals surface area contributed by atoms with Gasteiger partial charge in [-0.3, -0.25) is 0 Å². The van der Waals surface area contributed by atoms with Crippen molar-refractivity contribution in [2.75, 3.05) is 39.9 Å². The van der Waals surface area contributed by atoms with E-state index in [4.69, 9.17) is 4.74 Å². The largest absolute Gasteiger partial charge is 0.394 e. The molecule has 0 aromatic carbocycles. The van der Waals surface area contributed by atoms with Crippen LogP contribution in [0.4, 0.5) is 0 Å². The number of likely N-dealkylation sites (tertiary alicyclic amines) is 1. The van der Waals surface area contributed by atoms with Crippen molar-refractivity contribution in [1.29, 1.82) is 0 Å². The molecule has 0 spiro atoms. The van der Waals surface area contributed by atoms with Gasteiger partial charge in [-0.15, -0.1) is 0 Å². The van der Waals surface area contributed by atoms with E-state index >= 15 is 0 Å². The zero-order valence-electron chi connectivity index (χ0n) is 14.2. The van der Waals surface area contributed by atoms with E-state index in [1.165, 1.54) is 38.6 Å². The summed E-state index contributed by atoms with van der Waals surface area (Å²) in [4.78, 5) is 2.55. The van der Waals surface area contributed by atoms with E-state index in [-0.39, 0.29) is 17.7 Å². The maximum absolute atomic E-state index is 9.88. The van der Waals surface area contributed by atoms with Gasteiger partial charge in [-0.1, -0.05) is 13.3 Å². The Morgan fingerprint density at radius 3 is 2.81 bits per heavy atom. The van der Waals surface area contributed by atoms with Crippen molar-refractivity contribution in [3.63, 3.8) is 0 Å². The number of aliphatic hydroxyl groups excluding tert-OH is 1. The Kier molecular flexibility index (Phi) is 6.06. The van der Waals surface area contributed by atoms with Crippen LogP contribution < -0.4 is 5.32 Å². The van der Waals surface area contributed by atoms with Gasteiger partial charge < -0.3 is 20.1 Å². The Morgan fingerprint density at radius 1 is 1.33 bits per heavy atom. The fraction of sp³-hybridized carbons (Fsp3) is 1.00. The van der Waals surface area contributed by atoms with E-state index < -0.39 is 0 Å². The Hall–Kier alpha value is -0.160. The van der Waals surface area contributed by atoms with Gasteiger partial charge in [-0.25, -0.2) is 0 Å². The van der Waals surface area contributed by atoms with Gasteiger partial charge in [0.25, 0.3) is 0 Å². The first kappa shape index (κ1) is 17.2. The molecule has 2 fully saturated rings. The molecule has 1 aliphatic carbocycles. The van der Waals surface area contributed by atoms with Crippen LogP contribution in [-0.4, -0.2) is 61.0 Å². The topological polar surface area (TPSA) is 44.7 Å². The van der Waals surface area contributed by atoms with Gasteiger partial charge in [0.2, 0.25) is 0 Å². The minimum Gasteiger partial charge on any atom is -0.394 e. The Balaban J connectivity index is 1.87. The molecule has 0 radical (unpaired) electrons. The molecule has 4 nitrogen and oxygen atoms in total. The van der Waals surface area contributed by atoms with Gasteiger partial charge in [0.05, 0.1) is 12.2 Å². The lowest BCUT2D eigenvalue weighted by atomic mass is 9.84. The van der Waals surface area contributed by atoms with E-state index in [9.17, 15) is 5.11 Å². The number of ether oxygens (including phenoxy) is 1. The number of aliphatic hydroxyl groups is 1. The van der Waals surface area contributed by atoms with Crippen molar-refractivity contribution in [2.24, 2.45) is 5.92 Å². The monoisotopic (exact) mass is 298 g/mol. The number of piperidine rings is 1. The zero-order chi connectivity index (χ0) is 15.3. The van der Waals surface area contributed by atoms with Crippen molar-refractivity contribution >= 4 is 0 Å². The first-order valence-electron chi connectivity index (χ1n) is 8.71. The molecule has 1 saturated carbocycles. The van der Waals surface area contributed by atoms with Crippen LogP contribution in [0.3, 0.4) is 0 Å². The standard InChI is InChI=1S/C17H34N2O2/c1-4-18-17(14-20)10-5-7-15(17)8-12-19-11-6-9-16(2,13-19)21-3/h15,18,20H,4-14H2,1-3H3. The van der Waals surface area contributed by atoms with E-state index in [0.717, 1.165) is 26.1 Å². The van der Waals surface area contributed by atoms with Gasteiger partial charge in [-0.2, -0.15) is 0 Å². The predicted octanol–water partition coefficient (Wildman–Crippen LogP) is 2.02. The van der Waals surface area contributed by atoms with Crippen molar-refractivity contribution in [3.05, 3.63) is 0 Å². The lowest BCUT2D eigenvalue weighted by Gasteiger charge is -2.41. The fourth-order valence-corrected chi connectivity index (χ4v) is 4.42. The molecule has 3 atom stereocenters. The summed E-state index contributed by atoms with van der Waals surface area (Å²) < 4.78 is 5.69. The maximum Gasteiger partial charge on any atom is 0.0777 e. The second kappa shape index (κ2) is 7.40. The number of nitrogens with one attached hydrogen (secondary N) is 1. The summed E-state index contributed by atoms with van der Waals surface area (Å²) in [5.74, 6) is 0.609. The molecule has 0 bridgehead atoms. The molecule has 0 amide bonds. The molecule has 124 valence electrons. The van der Waals surface area contributed by atoms with E-state index in [1.54, 1.807) is 0 Å². The molecule has 2 N–H and O–H groups in total. The molecular formula is C17H34N2O2. The first-order valence-corrected chi connectivity index (χ1v) is 8.71. The summed E-state index contributed by atoms with van der Waals surface area (Å²) in [6, 6.07) is 0. The number of likely N-dealkylation sites (N-methyl/N-ethyl adjacent to an activating group) is 1. The van der Waals surface area contributed by atoms with Crippen LogP contribution in [0.2, 0.25) is 0 Å². The Bertz CT molecular complexity index is 326. The molecule has 0 aromatic rings.